The van der Waals surface area contributed by atoms with E-state index in [1.807, 2.05) is 18.2 Å². The van der Waals surface area contributed by atoms with E-state index in [-0.39, 0.29) is 24.0 Å². The molecule has 1 rings (SSSR count). The highest BCUT2D eigenvalue weighted by Crippen LogP contribution is 2.29. The minimum atomic E-state index is 0. The summed E-state index contributed by atoms with van der Waals surface area (Å²) in [7, 11) is 8.81. The normalized spacial score (nSPS) is 11.0. The van der Waals surface area contributed by atoms with Gasteiger partial charge in [0.2, 0.25) is 0 Å². The van der Waals surface area contributed by atoms with E-state index >= 15 is 0 Å². The summed E-state index contributed by atoms with van der Waals surface area (Å²) < 4.78 is 15.6. The summed E-state index contributed by atoms with van der Waals surface area (Å²) in [6.07, 6.45) is 1.02. The van der Waals surface area contributed by atoms with Crippen LogP contribution in [0.4, 0.5) is 5.69 Å². The fraction of sp³-hybridized carbons (Fsp3) is 0.588. The maximum absolute atomic E-state index is 5.31. The highest BCUT2D eigenvalue weighted by molar-refractivity contribution is 14.0. The van der Waals surface area contributed by atoms with E-state index in [1.165, 1.54) is 0 Å². The van der Waals surface area contributed by atoms with Gasteiger partial charge in [-0.15, -0.1) is 24.0 Å². The average molecular weight is 466 g/mol. The lowest BCUT2D eigenvalue weighted by Gasteiger charge is -2.17. The van der Waals surface area contributed by atoms with Crippen molar-refractivity contribution in [2.24, 2.45) is 4.99 Å². The van der Waals surface area contributed by atoms with Gasteiger partial charge in [0.1, 0.15) is 0 Å². The molecule has 0 aliphatic carbocycles. The molecule has 0 radical (unpaired) electrons. The number of benzene rings is 1. The van der Waals surface area contributed by atoms with Crippen molar-refractivity contribution < 1.29 is 14.2 Å². The molecule has 0 fully saturated rings. The van der Waals surface area contributed by atoms with Gasteiger partial charge in [0.15, 0.2) is 17.5 Å². The summed E-state index contributed by atoms with van der Waals surface area (Å²) in [6, 6.07) is 5.66. The Morgan fingerprint density at radius 3 is 2.44 bits per heavy atom. The molecule has 1 aromatic rings. The third-order valence-corrected chi connectivity index (χ3v) is 3.56. The lowest BCUT2D eigenvalue weighted by Crippen LogP contribution is -2.33. The lowest BCUT2D eigenvalue weighted by atomic mass is 10.2. The number of hydrogen-bond acceptors (Lipinski definition) is 5. The molecule has 0 heterocycles. The molecule has 0 unspecified atom stereocenters. The molecule has 0 atom stereocenters. The van der Waals surface area contributed by atoms with Crippen molar-refractivity contribution in [1.29, 1.82) is 0 Å². The first-order chi connectivity index (χ1) is 11.6. The van der Waals surface area contributed by atoms with Crippen LogP contribution in [0.5, 0.6) is 11.5 Å². The number of anilines is 1. The fourth-order valence-corrected chi connectivity index (χ4v) is 2.14. The summed E-state index contributed by atoms with van der Waals surface area (Å²) in [5, 5.41) is 6.55. The number of hydrogen-bond donors (Lipinski definition) is 2. The van der Waals surface area contributed by atoms with Crippen LogP contribution in [0.1, 0.15) is 6.42 Å². The standard InChI is InChI=1S/C17H30N4O3.HI/c1-18-17(19-9-6-10-21(2)11-12-22-3)20-14-7-8-15(23-4)16(13-14)24-5;/h7-8,13H,6,9-12H2,1-5H3,(H2,18,19,20);1H. The number of halogens is 1. The Labute approximate surface area is 168 Å². The van der Waals surface area contributed by atoms with Crippen molar-refractivity contribution in [3.8, 4) is 11.5 Å². The Morgan fingerprint density at radius 1 is 1.12 bits per heavy atom. The molecular formula is C17H31IN4O3. The number of likely N-dealkylation sites (N-methyl/N-ethyl adjacent to an activating group) is 1. The number of aliphatic imine (C=N–C) groups is 1. The van der Waals surface area contributed by atoms with Crippen LogP contribution in [0.2, 0.25) is 0 Å². The Hall–Kier alpha value is -1.26. The van der Waals surface area contributed by atoms with Crippen molar-refractivity contribution in [2.45, 2.75) is 6.42 Å². The molecule has 144 valence electrons. The van der Waals surface area contributed by atoms with Crippen molar-refractivity contribution in [1.82, 2.24) is 10.2 Å². The Bertz CT molecular complexity index is 515. The number of methoxy groups -OCH3 is 3. The Balaban J connectivity index is 0.00000576. The molecule has 0 bridgehead atoms. The quantitative estimate of drug-likeness (QED) is 0.239. The van der Waals surface area contributed by atoms with E-state index in [9.17, 15) is 0 Å². The van der Waals surface area contributed by atoms with Gasteiger partial charge < -0.3 is 29.7 Å². The predicted molar refractivity (Wildman–Crippen MR) is 114 cm³/mol. The van der Waals surface area contributed by atoms with Crippen molar-refractivity contribution >= 4 is 35.6 Å². The first-order valence-corrected chi connectivity index (χ1v) is 8.01. The molecule has 0 aliphatic heterocycles. The van der Waals surface area contributed by atoms with Crippen LogP contribution in [0.3, 0.4) is 0 Å². The summed E-state index contributed by atoms with van der Waals surface area (Å²) in [5.74, 6) is 2.10. The van der Waals surface area contributed by atoms with Gasteiger partial charge >= 0.3 is 0 Å². The summed E-state index contributed by atoms with van der Waals surface area (Å²) in [5.41, 5.74) is 0.887. The Morgan fingerprint density at radius 2 is 1.84 bits per heavy atom. The highest BCUT2D eigenvalue weighted by Gasteiger charge is 2.06. The van der Waals surface area contributed by atoms with E-state index in [4.69, 9.17) is 14.2 Å². The second-order valence-electron chi connectivity index (χ2n) is 5.34. The van der Waals surface area contributed by atoms with Gasteiger partial charge in [0.25, 0.3) is 0 Å². The minimum absolute atomic E-state index is 0. The van der Waals surface area contributed by atoms with Crippen LogP contribution >= 0.6 is 24.0 Å². The maximum Gasteiger partial charge on any atom is 0.195 e. The first kappa shape index (κ1) is 23.7. The third kappa shape index (κ3) is 9.13. The number of ether oxygens (including phenoxy) is 3. The Kier molecular flexibility index (Phi) is 13.3. The molecule has 0 saturated carbocycles. The molecule has 0 saturated heterocycles. The molecule has 8 heteroatoms. The van der Waals surface area contributed by atoms with Crippen LogP contribution in [-0.4, -0.2) is 72.5 Å². The highest BCUT2D eigenvalue weighted by atomic mass is 127. The second kappa shape index (κ2) is 14.0. The van der Waals surface area contributed by atoms with Gasteiger partial charge in [-0.05, 0) is 32.1 Å². The zero-order valence-electron chi connectivity index (χ0n) is 15.8. The monoisotopic (exact) mass is 466 g/mol. The summed E-state index contributed by atoms with van der Waals surface area (Å²) >= 11 is 0. The number of nitrogens with zero attached hydrogens (tertiary/aromatic N) is 2. The van der Waals surface area contributed by atoms with Crippen molar-refractivity contribution in [3.05, 3.63) is 18.2 Å². The zero-order valence-corrected chi connectivity index (χ0v) is 18.1. The average Bonchev–Trinajstić information content (AvgIpc) is 2.62. The van der Waals surface area contributed by atoms with Crippen molar-refractivity contribution in [3.63, 3.8) is 0 Å². The van der Waals surface area contributed by atoms with Gasteiger partial charge in [-0.25, -0.2) is 0 Å². The van der Waals surface area contributed by atoms with E-state index in [1.54, 1.807) is 28.4 Å². The van der Waals surface area contributed by atoms with E-state index < -0.39 is 0 Å². The largest absolute Gasteiger partial charge is 0.493 e. The molecule has 0 aromatic heterocycles. The zero-order chi connectivity index (χ0) is 17.8. The molecule has 1 aromatic carbocycles. The van der Waals surface area contributed by atoms with Crippen LogP contribution < -0.4 is 20.1 Å². The van der Waals surface area contributed by atoms with Crippen molar-refractivity contribution in [2.75, 3.05) is 67.0 Å². The molecule has 0 aliphatic rings. The maximum atomic E-state index is 5.31. The van der Waals surface area contributed by atoms with Crippen LogP contribution in [-0.2, 0) is 4.74 Å². The van der Waals surface area contributed by atoms with Crippen LogP contribution in [0, 0.1) is 0 Å². The molecule has 2 N–H and O–H groups in total. The first-order valence-electron chi connectivity index (χ1n) is 8.01. The number of nitrogens with one attached hydrogen (secondary N) is 2. The van der Waals surface area contributed by atoms with E-state index in [0.717, 1.165) is 44.3 Å². The van der Waals surface area contributed by atoms with E-state index in [2.05, 4.69) is 27.6 Å². The molecule has 25 heavy (non-hydrogen) atoms. The van der Waals surface area contributed by atoms with Crippen LogP contribution in [0.15, 0.2) is 23.2 Å². The third-order valence-electron chi connectivity index (χ3n) is 3.56. The van der Waals surface area contributed by atoms with Gasteiger partial charge in [-0.2, -0.15) is 0 Å². The lowest BCUT2D eigenvalue weighted by molar-refractivity contribution is 0.161. The predicted octanol–water partition coefficient (Wildman–Crippen LogP) is 2.28. The van der Waals surface area contributed by atoms with Gasteiger partial charge in [0.05, 0.1) is 20.8 Å². The van der Waals surface area contributed by atoms with Gasteiger partial charge in [-0.1, -0.05) is 0 Å². The second-order valence-corrected chi connectivity index (χ2v) is 5.34. The minimum Gasteiger partial charge on any atom is -0.493 e. The van der Waals surface area contributed by atoms with Gasteiger partial charge in [0, 0.05) is 39.0 Å². The molecule has 0 amide bonds. The molecule has 0 spiro atoms. The smallest absolute Gasteiger partial charge is 0.195 e. The van der Waals surface area contributed by atoms with Gasteiger partial charge in [-0.3, -0.25) is 4.99 Å². The number of rotatable bonds is 10. The molecule has 7 nitrogen and oxygen atoms in total. The SMILES string of the molecule is CN=C(NCCCN(C)CCOC)Nc1ccc(OC)c(OC)c1.I. The fourth-order valence-electron chi connectivity index (χ4n) is 2.14. The van der Waals surface area contributed by atoms with E-state index in [0.29, 0.717) is 11.5 Å². The number of guanidine groups is 1. The molecular weight excluding hydrogens is 435 g/mol. The topological polar surface area (TPSA) is 67.4 Å². The summed E-state index contributed by atoms with van der Waals surface area (Å²) in [4.78, 5) is 6.48. The summed E-state index contributed by atoms with van der Waals surface area (Å²) in [6.45, 7) is 3.54. The van der Waals surface area contributed by atoms with Crippen LogP contribution in [0.25, 0.3) is 0 Å².